The summed E-state index contributed by atoms with van der Waals surface area (Å²) in [5, 5.41) is 6.14. The number of amides is 1. The maximum Gasteiger partial charge on any atom is 0.235 e. The average Bonchev–Trinajstić information content (AvgIpc) is 2.96. The van der Waals surface area contributed by atoms with E-state index in [4.69, 9.17) is 0 Å². The van der Waals surface area contributed by atoms with Crippen LogP contribution < -0.4 is 14.9 Å². The Labute approximate surface area is 166 Å². The van der Waals surface area contributed by atoms with Crippen molar-refractivity contribution >= 4 is 39.7 Å². The summed E-state index contributed by atoms with van der Waals surface area (Å²) in [6.45, 7) is 4.31. The molecule has 2 atom stereocenters. The molecule has 0 aromatic heterocycles. The molecule has 152 valence electrons. The van der Waals surface area contributed by atoms with E-state index in [1.54, 1.807) is 0 Å². The Morgan fingerprint density at radius 3 is 2.81 bits per heavy atom. The summed E-state index contributed by atoms with van der Waals surface area (Å²) in [4.78, 5) is 12.4. The lowest BCUT2D eigenvalue weighted by molar-refractivity contribution is -0.117. The van der Waals surface area contributed by atoms with E-state index in [9.17, 15) is 17.6 Å². The van der Waals surface area contributed by atoms with Gasteiger partial charge in [-0.05, 0) is 62.4 Å². The second-order valence-corrected chi connectivity index (χ2v) is 9.26. The van der Waals surface area contributed by atoms with Crippen molar-refractivity contribution in [3.05, 3.63) is 24.0 Å². The number of rotatable bonds is 5. The quantitative estimate of drug-likeness (QED) is 0.769. The third kappa shape index (κ3) is 5.33. The van der Waals surface area contributed by atoms with Crippen LogP contribution in [0.3, 0.4) is 0 Å². The van der Waals surface area contributed by atoms with Gasteiger partial charge in [0.1, 0.15) is 5.82 Å². The number of nitrogens with one attached hydrogen (secondary N) is 2. The molecule has 2 unspecified atom stereocenters. The van der Waals surface area contributed by atoms with Crippen molar-refractivity contribution in [3.8, 4) is 0 Å². The number of carbonyl (C=O) groups excluding carboxylic acids is 1. The lowest BCUT2D eigenvalue weighted by atomic mass is 9.85. The molecule has 6 nitrogen and oxygen atoms in total. The Morgan fingerprint density at radius 1 is 1.41 bits per heavy atom. The minimum Gasteiger partial charge on any atom is -0.326 e. The van der Waals surface area contributed by atoms with Crippen molar-refractivity contribution in [1.82, 2.24) is 5.32 Å². The van der Waals surface area contributed by atoms with Crippen LogP contribution in [0, 0.1) is 17.7 Å². The fourth-order valence-corrected chi connectivity index (χ4v) is 5.29. The van der Waals surface area contributed by atoms with Gasteiger partial charge in [0.25, 0.3) is 0 Å². The Hall–Kier alpha value is -1.38. The van der Waals surface area contributed by atoms with Crippen LogP contribution in [0.15, 0.2) is 18.2 Å². The summed E-state index contributed by atoms with van der Waals surface area (Å²) in [6, 6.07) is 4.07. The molecule has 2 aliphatic heterocycles. The van der Waals surface area contributed by atoms with Crippen LogP contribution in [0.5, 0.6) is 0 Å². The van der Waals surface area contributed by atoms with E-state index in [0.717, 1.165) is 30.2 Å². The zero-order valence-electron chi connectivity index (χ0n) is 15.4. The Balaban J connectivity index is 0.00000261. The fourth-order valence-electron chi connectivity index (χ4n) is 3.73. The molecule has 1 aromatic carbocycles. The standard InChI is InChI=1S/C18H26FN3O3S.ClH/c1-13(14-4-2-7-20-12-14)10-18(23)21-15-5-6-16(19)17(11-15)22-8-3-9-26(22,24)25;/h5-6,11,13-14,20H,2-4,7-10,12H2,1H3,(H,21,23);1H. The maximum absolute atomic E-state index is 14.1. The molecule has 2 saturated heterocycles. The van der Waals surface area contributed by atoms with Gasteiger partial charge >= 0.3 is 0 Å². The van der Waals surface area contributed by atoms with Gasteiger partial charge in [0, 0.05) is 18.7 Å². The van der Waals surface area contributed by atoms with E-state index in [1.165, 1.54) is 18.2 Å². The molecule has 2 N–H and O–H groups in total. The lowest BCUT2D eigenvalue weighted by Gasteiger charge is -2.28. The zero-order chi connectivity index (χ0) is 18.7. The Bertz CT molecular complexity index is 769. The van der Waals surface area contributed by atoms with Crippen LogP contribution in [0.25, 0.3) is 0 Å². The van der Waals surface area contributed by atoms with Crippen LogP contribution in [0.4, 0.5) is 15.8 Å². The first kappa shape index (κ1) is 21.9. The molecular weight excluding hydrogens is 393 g/mol. The molecular formula is C18H27ClFN3O3S. The number of halogens is 2. The first-order valence-electron chi connectivity index (χ1n) is 9.17. The highest BCUT2D eigenvalue weighted by atomic mass is 35.5. The maximum atomic E-state index is 14.1. The summed E-state index contributed by atoms with van der Waals surface area (Å²) in [5.74, 6) is 0.0189. The predicted molar refractivity (Wildman–Crippen MR) is 107 cm³/mol. The molecule has 0 aliphatic carbocycles. The van der Waals surface area contributed by atoms with Gasteiger partial charge in [0.15, 0.2) is 0 Å². The molecule has 2 fully saturated rings. The Kier molecular flexibility index (Phi) is 7.47. The second-order valence-electron chi connectivity index (χ2n) is 7.24. The first-order chi connectivity index (χ1) is 12.4. The first-order valence-corrected chi connectivity index (χ1v) is 10.8. The lowest BCUT2D eigenvalue weighted by Crippen LogP contribution is -2.34. The van der Waals surface area contributed by atoms with Crippen molar-refractivity contribution < 1.29 is 17.6 Å². The molecule has 1 amide bonds. The highest BCUT2D eigenvalue weighted by molar-refractivity contribution is 7.93. The number of carbonyl (C=O) groups is 1. The van der Waals surface area contributed by atoms with Crippen molar-refractivity contribution in [2.75, 3.05) is 35.0 Å². The summed E-state index contributed by atoms with van der Waals surface area (Å²) >= 11 is 0. The van der Waals surface area contributed by atoms with E-state index < -0.39 is 15.8 Å². The van der Waals surface area contributed by atoms with Crippen LogP contribution in [-0.2, 0) is 14.8 Å². The van der Waals surface area contributed by atoms with Gasteiger partial charge in [0.2, 0.25) is 15.9 Å². The summed E-state index contributed by atoms with van der Waals surface area (Å²) in [7, 11) is -3.47. The van der Waals surface area contributed by atoms with Gasteiger partial charge in [-0.1, -0.05) is 6.92 Å². The molecule has 2 aliphatic rings. The van der Waals surface area contributed by atoms with E-state index in [1.807, 2.05) is 0 Å². The minimum absolute atomic E-state index is 0. The molecule has 27 heavy (non-hydrogen) atoms. The van der Waals surface area contributed by atoms with Crippen LogP contribution in [0.1, 0.15) is 32.6 Å². The fraction of sp³-hybridized carbons (Fsp3) is 0.611. The van der Waals surface area contributed by atoms with Gasteiger partial charge in [-0.25, -0.2) is 12.8 Å². The zero-order valence-corrected chi connectivity index (χ0v) is 17.0. The van der Waals surface area contributed by atoms with E-state index in [-0.39, 0.29) is 42.2 Å². The number of piperidine rings is 1. The number of anilines is 2. The third-order valence-electron chi connectivity index (χ3n) is 5.24. The highest BCUT2D eigenvalue weighted by Crippen LogP contribution is 2.30. The predicted octanol–water partition coefficient (Wildman–Crippen LogP) is 2.75. The van der Waals surface area contributed by atoms with Gasteiger partial charge in [-0.15, -0.1) is 12.4 Å². The molecule has 3 rings (SSSR count). The van der Waals surface area contributed by atoms with Crippen LogP contribution >= 0.6 is 12.4 Å². The molecule has 0 radical (unpaired) electrons. The second kappa shape index (κ2) is 9.21. The monoisotopic (exact) mass is 419 g/mol. The number of hydrogen-bond acceptors (Lipinski definition) is 4. The number of sulfonamides is 1. The topological polar surface area (TPSA) is 78.5 Å². The van der Waals surface area contributed by atoms with Crippen LogP contribution in [0.2, 0.25) is 0 Å². The molecule has 9 heteroatoms. The van der Waals surface area contributed by atoms with Crippen molar-refractivity contribution in [2.24, 2.45) is 11.8 Å². The summed E-state index contributed by atoms with van der Waals surface area (Å²) in [6.07, 6.45) is 3.11. The van der Waals surface area contributed by atoms with Gasteiger partial charge in [0.05, 0.1) is 11.4 Å². The van der Waals surface area contributed by atoms with E-state index in [0.29, 0.717) is 24.4 Å². The smallest absolute Gasteiger partial charge is 0.235 e. The summed E-state index contributed by atoms with van der Waals surface area (Å²) in [5.41, 5.74) is 0.423. The normalized spacial score (nSPS) is 22.7. The average molecular weight is 420 g/mol. The van der Waals surface area contributed by atoms with Crippen molar-refractivity contribution in [1.29, 1.82) is 0 Å². The molecule has 2 heterocycles. The molecule has 0 saturated carbocycles. The van der Waals surface area contributed by atoms with Gasteiger partial charge in [-0.2, -0.15) is 0 Å². The van der Waals surface area contributed by atoms with Crippen molar-refractivity contribution in [3.63, 3.8) is 0 Å². The molecule has 1 aromatic rings. The van der Waals surface area contributed by atoms with E-state index in [2.05, 4.69) is 17.6 Å². The van der Waals surface area contributed by atoms with Crippen molar-refractivity contribution in [2.45, 2.75) is 32.6 Å². The third-order valence-corrected chi connectivity index (χ3v) is 7.10. The largest absolute Gasteiger partial charge is 0.326 e. The summed E-state index contributed by atoms with van der Waals surface area (Å²) < 4.78 is 39.3. The highest BCUT2D eigenvalue weighted by Gasteiger charge is 2.30. The number of benzene rings is 1. The minimum atomic E-state index is -3.47. The van der Waals surface area contributed by atoms with Gasteiger partial charge in [-0.3, -0.25) is 9.10 Å². The number of nitrogens with zero attached hydrogens (tertiary/aromatic N) is 1. The molecule has 0 bridgehead atoms. The van der Waals surface area contributed by atoms with E-state index >= 15 is 0 Å². The van der Waals surface area contributed by atoms with Gasteiger partial charge < -0.3 is 10.6 Å². The Morgan fingerprint density at radius 2 is 2.19 bits per heavy atom. The van der Waals surface area contributed by atoms with Crippen LogP contribution in [-0.4, -0.2) is 39.7 Å². The SMILES string of the molecule is CC(CC(=O)Nc1ccc(F)c(N2CCCS2(=O)=O)c1)C1CCCNC1.Cl. The molecule has 0 spiro atoms. The number of hydrogen-bond donors (Lipinski definition) is 2.